The molecule has 0 aliphatic heterocycles. The minimum Gasteiger partial charge on any atom is -0.484 e. The van der Waals surface area contributed by atoms with E-state index >= 15 is 0 Å². The molecule has 0 unspecified atom stereocenters. The Balaban J connectivity index is 1.89. The molecule has 1 N–H and O–H groups in total. The predicted molar refractivity (Wildman–Crippen MR) is 68.0 cm³/mol. The average molecular weight is 280 g/mol. The molecule has 6 nitrogen and oxygen atoms in total. The van der Waals surface area contributed by atoms with E-state index in [1.165, 1.54) is 0 Å². The molecule has 1 aromatic carbocycles. The van der Waals surface area contributed by atoms with Gasteiger partial charge in [0.05, 0.1) is 0 Å². The Hall–Kier alpha value is -2.02. The maximum absolute atomic E-state index is 10.7. The lowest BCUT2D eigenvalue weighted by molar-refractivity contribution is -0.136. The fourth-order valence-corrected chi connectivity index (χ4v) is 1.84. The Morgan fingerprint density at radius 3 is 2.84 bits per heavy atom. The Morgan fingerprint density at radius 1 is 1.42 bits per heavy atom. The van der Waals surface area contributed by atoms with Crippen molar-refractivity contribution in [3.05, 3.63) is 36.2 Å². The van der Waals surface area contributed by atoms with Crippen LogP contribution < -0.4 is 4.74 Å². The SMILES string of the molecule is C[C@H](Sc1nnc(COc2ccccc2)o1)C(=O)O. The summed E-state index contributed by atoms with van der Waals surface area (Å²) in [4.78, 5) is 10.7. The highest BCUT2D eigenvalue weighted by Crippen LogP contribution is 2.22. The normalized spacial score (nSPS) is 12.1. The molecule has 0 aliphatic rings. The first kappa shape index (κ1) is 13.4. The van der Waals surface area contributed by atoms with Crippen molar-refractivity contribution in [2.45, 2.75) is 24.0 Å². The van der Waals surface area contributed by atoms with E-state index in [1.54, 1.807) is 6.92 Å². The highest BCUT2D eigenvalue weighted by atomic mass is 32.2. The van der Waals surface area contributed by atoms with E-state index in [0.29, 0.717) is 11.6 Å². The van der Waals surface area contributed by atoms with Gasteiger partial charge in [0.2, 0.25) is 0 Å². The zero-order valence-corrected chi connectivity index (χ0v) is 11.0. The molecule has 0 fully saturated rings. The minimum absolute atomic E-state index is 0.152. The number of carboxylic acids is 1. The van der Waals surface area contributed by atoms with Gasteiger partial charge in [-0.1, -0.05) is 30.0 Å². The Morgan fingerprint density at radius 2 is 2.16 bits per heavy atom. The van der Waals surface area contributed by atoms with Crippen LogP contribution in [0.1, 0.15) is 12.8 Å². The molecule has 1 heterocycles. The molecule has 0 saturated carbocycles. The van der Waals surface area contributed by atoms with E-state index in [-0.39, 0.29) is 11.8 Å². The summed E-state index contributed by atoms with van der Waals surface area (Å²) in [6.45, 7) is 1.70. The molecule has 0 spiro atoms. The highest BCUT2D eigenvalue weighted by Gasteiger charge is 2.17. The first-order valence-corrected chi connectivity index (χ1v) is 6.43. The lowest BCUT2D eigenvalue weighted by Gasteiger charge is -2.02. The molecule has 0 radical (unpaired) electrons. The third-order valence-electron chi connectivity index (χ3n) is 2.18. The number of aliphatic carboxylic acids is 1. The van der Waals surface area contributed by atoms with E-state index in [9.17, 15) is 4.79 Å². The molecule has 0 aliphatic carbocycles. The monoisotopic (exact) mass is 280 g/mol. The number of hydrogen-bond acceptors (Lipinski definition) is 6. The van der Waals surface area contributed by atoms with Gasteiger partial charge in [-0.2, -0.15) is 0 Å². The van der Waals surface area contributed by atoms with E-state index in [2.05, 4.69) is 10.2 Å². The first-order valence-electron chi connectivity index (χ1n) is 5.55. The molecule has 0 amide bonds. The number of para-hydroxylation sites is 1. The quantitative estimate of drug-likeness (QED) is 0.812. The summed E-state index contributed by atoms with van der Waals surface area (Å²) in [5.74, 6) is 0.0861. The molecule has 2 rings (SSSR count). The number of ether oxygens (including phenoxy) is 1. The molecule has 0 saturated heterocycles. The van der Waals surface area contributed by atoms with Crippen LogP contribution in [0.3, 0.4) is 0 Å². The van der Waals surface area contributed by atoms with E-state index < -0.39 is 11.2 Å². The molecular formula is C12H12N2O4S. The van der Waals surface area contributed by atoms with Crippen LogP contribution in [0.25, 0.3) is 0 Å². The van der Waals surface area contributed by atoms with Crippen LogP contribution in [0, 0.1) is 0 Å². The summed E-state index contributed by atoms with van der Waals surface area (Å²) in [5, 5.41) is 15.9. The number of nitrogens with zero attached hydrogens (tertiary/aromatic N) is 2. The van der Waals surface area contributed by atoms with Crippen LogP contribution in [0.4, 0.5) is 0 Å². The van der Waals surface area contributed by atoms with E-state index in [0.717, 1.165) is 11.8 Å². The Bertz CT molecular complexity index is 544. The predicted octanol–water partition coefficient (Wildman–Crippen LogP) is 2.21. The van der Waals surface area contributed by atoms with Crippen LogP contribution >= 0.6 is 11.8 Å². The van der Waals surface area contributed by atoms with Crippen LogP contribution in [0.15, 0.2) is 40.0 Å². The molecule has 2 aromatic rings. The average Bonchev–Trinajstić information content (AvgIpc) is 2.85. The van der Waals surface area contributed by atoms with Gasteiger partial charge in [0, 0.05) is 0 Å². The lowest BCUT2D eigenvalue weighted by atomic mass is 10.3. The summed E-state index contributed by atoms with van der Waals surface area (Å²) in [5.41, 5.74) is 0. The van der Waals surface area contributed by atoms with Crippen LogP contribution in [0.5, 0.6) is 5.75 Å². The second kappa shape index (κ2) is 6.24. The maximum atomic E-state index is 10.7. The van der Waals surface area contributed by atoms with Gasteiger partial charge < -0.3 is 14.3 Å². The summed E-state index contributed by atoms with van der Waals surface area (Å²) in [7, 11) is 0. The number of rotatable bonds is 6. The van der Waals surface area contributed by atoms with E-state index in [4.69, 9.17) is 14.3 Å². The summed E-state index contributed by atoms with van der Waals surface area (Å²) in [6, 6.07) is 9.25. The second-order valence-corrected chi connectivity index (χ2v) is 4.95. The zero-order valence-electron chi connectivity index (χ0n) is 10.1. The third-order valence-corrected chi connectivity index (χ3v) is 3.10. The molecular weight excluding hydrogens is 268 g/mol. The van der Waals surface area contributed by atoms with Gasteiger partial charge in [-0.25, -0.2) is 0 Å². The van der Waals surface area contributed by atoms with Crippen molar-refractivity contribution in [1.82, 2.24) is 10.2 Å². The van der Waals surface area contributed by atoms with Gasteiger partial charge in [-0.15, -0.1) is 10.2 Å². The Labute approximate surface area is 113 Å². The van der Waals surface area contributed by atoms with Crippen molar-refractivity contribution >= 4 is 17.7 Å². The highest BCUT2D eigenvalue weighted by molar-refractivity contribution is 8.00. The number of thioether (sulfide) groups is 1. The summed E-state index contributed by atoms with van der Waals surface area (Å²) in [6.07, 6.45) is 0. The fourth-order valence-electron chi connectivity index (χ4n) is 1.21. The van der Waals surface area contributed by atoms with Crippen LogP contribution in [0.2, 0.25) is 0 Å². The van der Waals surface area contributed by atoms with Gasteiger partial charge in [0.25, 0.3) is 11.1 Å². The molecule has 1 aromatic heterocycles. The van der Waals surface area contributed by atoms with Gasteiger partial charge in [0.15, 0.2) is 6.61 Å². The smallest absolute Gasteiger partial charge is 0.316 e. The molecule has 1 atom stereocenters. The van der Waals surface area contributed by atoms with Crippen LogP contribution in [-0.4, -0.2) is 26.5 Å². The maximum Gasteiger partial charge on any atom is 0.316 e. The third kappa shape index (κ3) is 3.99. The van der Waals surface area contributed by atoms with Crippen molar-refractivity contribution in [3.63, 3.8) is 0 Å². The van der Waals surface area contributed by atoms with Crippen molar-refractivity contribution in [1.29, 1.82) is 0 Å². The van der Waals surface area contributed by atoms with Crippen molar-refractivity contribution < 1.29 is 19.1 Å². The molecule has 100 valence electrons. The van der Waals surface area contributed by atoms with Crippen molar-refractivity contribution in [2.75, 3.05) is 0 Å². The summed E-state index contributed by atoms with van der Waals surface area (Å²) >= 11 is 0.999. The first-order chi connectivity index (χ1) is 9.15. The van der Waals surface area contributed by atoms with Crippen LogP contribution in [-0.2, 0) is 11.4 Å². The Kier molecular flexibility index (Phi) is 4.40. The number of benzene rings is 1. The molecule has 7 heteroatoms. The topological polar surface area (TPSA) is 85.5 Å². The summed E-state index contributed by atoms with van der Waals surface area (Å²) < 4.78 is 10.7. The van der Waals surface area contributed by atoms with Gasteiger partial charge >= 0.3 is 5.97 Å². The van der Waals surface area contributed by atoms with Crippen molar-refractivity contribution in [2.24, 2.45) is 0 Å². The van der Waals surface area contributed by atoms with Gasteiger partial charge in [-0.05, 0) is 19.1 Å². The zero-order chi connectivity index (χ0) is 13.7. The standard InChI is InChI=1S/C12H12N2O4S/c1-8(11(15)16)19-12-14-13-10(18-12)7-17-9-5-3-2-4-6-9/h2-6,8H,7H2,1H3,(H,15,16)/t8-/m0/s1. The van der Waals surface area contributed by atoms with Crippen molar-refractivity contribution in [3.8, 4) is 5.75 Å². The minimum atomic E-state index is -0.926. The molecule has 0 bridgehead atoms. The number of carboxylic acid groups (broad SMARTS) is 1. The largest absolute Gasteiger partial charge is 0.484 e. The van der Waals surface area contributed by atoms with Gasteiger partial charge in [-0.3, -0.25) is 4.79 Å². The number of aromatic nitrogens is 2. The van der Waals surface area contributed by atoms with Gasteiger partial charge in [0.1, 0.15) is 11.0 Å². The lowest BCUT2D eigenvalue weighted by Crippen LogP contribution is -2.10. The number of carbonyl (C=O) groups is 1. The molecule has 19 heavy (non-hydrogen) atoms. The number of hydrogen-bond donors (Lipinski definition) is 1. The second-order valence-electron chi connectivity index (χ2n) is 3.66. The van der Waals surface area contributed by atoms with E-state index in [1.807, 2.05) is 30.3 Å². The fraction of sp³-hybridized carbons (Fsp3) is 0.250.